The smallest absolute Gasteiger partial charge is 0.271 e. The fourth-order valence-electron chi connectivity index (χ4n) is 2.22. The summed E-state index contributed by atoms with van der Waals surface area (Å²) in [4.78, 5) is 12.1. The van der Waals surface area contributed by atoms with Crippen LogP contribution in [0, 0.1) is 0 Å². The Balaban J connectivity index is 0.00000220. The zero-order valence-electron chi connectivity index (χ0n) is 13.3. The van der Waals surface area contributed by atoms with Crippen LogP contribution in [0.15, 0.2) is 6.07 Å². The Kier molecular flexibility index (Phi) is 5.82. The summed E-state index contributed by atoms with van der Waals surface area (Å²) in [6, 6.07) is 2.05. The number of carbonyl (C=O) groups excluding carboxylic acids is 1. The molecule has 1 aliphatic carbocycles. The predicted molar refractivity (Wildman–Crippen MR) is 87.0 cm³/mol. The number of nitrogens with two attached hydrogens (primary N) is 1. The maximum atomic E-state index is 12.1. The van der Waals surface area contributed by atoms with Crippen LogP contribution in [-0.2, 0) is 5.54 Å². The Bertz CT molecular complexity index is 486. The molecule has 1 aromatic heterocycles. The first kappa shape index (κ1) is 18.0. The Hall–Kier alpha value is -1.07. The third kappa shape index (κ3) is 4.71. The average Bonchev–Trinajstić information content (AvgIpc) is 3.05. The third-order valence-electron chi connectivity index (χ3n) is 3.49. The van der Waals surface area contributed by atoms with Gasteiger partial charge in [0.1, 0.15) is 5.69 Å². The molecule has 1 atom stereocenters. The molecule has 1 fully saturated rings. The van der Waals surface area contributed by atoms with Gasteiger partial charge in [-0.3, -0.25) is 9.48 Å². The molecule has 1 amide bonds. The van der Waals surface area contributed by atoms with Crippen molar-refractivity contribution in [1.82, 2.24) is 15.1 Å². The van der Waals surface area contributed by atoms with E-state index in [4.69, 9.17) is 5.73 Å². The number of halogens is 1. The SMILES string of the molecule is CC(N)CCNC(=O)c1cc(C2CC2)n(C(C)(C)C)n1.Cl. The summed E-state index contributed by atoms with van der Waals surface area (Å²) in [6.45, 7) is 8.88. The second-order valence-corrected chi connectivity index (χ2v) is 6.83. The van der Waals surface area contributed by atoms with E-state index in [1.54, 1.807) is 0 Å². The zero-order chi connectivity index (χ0) is 14.9. The van der Waals surface area contributed by atoms with Gasteiger partial charge in [-0.1, -0.05) is 0 Å². The fraction of sp³-hybridized carbons (Fsp3) is 0.733. The average molecular weight is 315 g/mol. The summed E-state index contributed by atoms with van der Waals surface area (Å²) < 4.78 is 2.01. The number of nitrogens with one attached hydrogen (secondary N) is 1. The summed E-state index contributed by atoms with van der Waals surface area (Å²) in [5.74, 6) is 0.475. The number of amides is 1. The third-order valence-corrected chi connectivity index (χ3v) is 3.49. The Morgan fingerprint density at radius 3 is 2.62 bits per heavy atom. The van der Waals surface area contributed by atoms with Crippen LogP contribution >= 0.6 is 12.4 Å². The molecular weight excluding hydrogens is 288 g/mol. The van der Waals surface area contributed by atoms with Crippen LogP contribution in [0.2, 0.25) is 0 Å². The zero-order valence-corrected chi connectivity index (χ0v) is 14.2. The number of carbonyl (C=O) groups is 1. The van der Waals surface area contributed by atoms with Gasteiger partial charge in [-0.2, -0.15) is 5.10 Å². The van der Waals surface area contributed by atoms with Gasteiger partial charge in [-0.05, 0) is 53.0 Å². The van der Waals surface area contributed by atoms with Crippen LogP contribution in [0.4, 0.5) is 0 Å². The number of hydrogen-bond donors (Lipinski definition) is 2. The van der Waals surface area contributed by atoms with Gasteiger partial charge < -0.3 is 11.1 Å². The van der Waals surface area contributed by atoms with E-state index in [0.717, 1.165) is 6.42 Å². The van der Waals surface area contributed by atoms with Crippen molar-refractivity contribution in [3.8, 4) is 0 Å². The Morgan fingerprint density at radius 2 is 2.14 bits per heavy atom. The van der Waals surface area contributed by atoms with Gasteiger partial charge in [-0.25, -0.2) is 0 Å². The van der Waals surface area contributed by atoms with E-state index < -0.39 is 0 Å². The molecular formula is C15H27ClN4O. The molecule has 1 heterocycles. The van der Waals surface area contributed by atoms with E-state index in [9.17, 15) is 4.79 Å². The molecule has 0 saturated heterocycles. The van der Waals surface area contributed by atoms with Crippen LogP contribution in [-0.4, -0.2) is 28.3 Å². The van der Waals surface area contributed by atoms with Crippen LogP contribution in [0.25, 0.3) is 0 Å². The lowest BCUT2D eigenvalue weighted by Crippen LogP contribution is -2.30. The van der Waals surface area contributed by atoms with Crippen LogP contribution in [0.1, 0.15) is 69.1 Å². The second-order valence-electron chi connectivity index (χ2n) is 6.83. The number of rotatable bonds is 5. The maximum Gasteiger partial charge on any atom is 0.271 e. The van der Waals surface area contributed by atoms with Crippen LogP contribution in [0.3, 0.4) is 0 Å². The minimum atomic E-state index is -0.101. The predicted octanol–water partition coefficient (Wildman–Crippen LogP) is 2.40. The second kappa shape index (κ2) is 6.79. The van der Waals surface area contributed by atoms with Crippen molar-refractivity contribution in [1.29, 1.82) is 0 Å². The van der Waals surface area contributed by atoms with Crippen molar-refractivity contribution < 1.29 is 4.79 Å². The van der Waals surface area contributed by atoms with E-state index in [1.165, 1.54) is 18.5 Å². The first-order valence-electron chi connectivity index (χ1n) is 7.43. The van der Waals surface area contributed by atoms with E-state index in [0.29, 0.717) is 18.2 Å². The van der Waals surface area contributed by atoms with E-state index in [1.807, 2.05) is 17.7 Å². The van der Waals surface area contributed by atoms with Crippen molar-refractivity contribution in [2.45, 2.75) is 64.5 Å². The summed E-state index contributed by atoms with van der Waals surface area (Å²) in [5.41, 5.74) is 7.29. The highest BCUT2D eigenvalue weighted by atomic mass is 35.5. The molecule has 0 spiro atoms. The van der Waals surface area contributed by atoms with E-state index in [2.05, 4.69) is 31.2 Å². The molecule has 6 heteroatoms. The first-order chi connectivity index (χ1) is 9.29. The standard InChI is InChI=1S/C15H26N4O.ClH/c1-10(16)7-8-17-14(20)12-9-13(11-5-6-11)19(18-12)15(2,3)4;/h9-11H,5-8,16H2,1-4H3,(H,17,20);1H. The number of aromatic nitrogens is 2. The van der Waals surface area contributed by atoms with Crippen molar-refractivity contribution in [3.05, 3.63) is 17.5 Å². The molecule has 0 bridgehead atoms. The Morgan fingerprint density at radius 1 is 1.52 bits per heavy atom. The molecule has 0 aliphatic heterocycles. The molecule has 21 heavy (non-hydrogen) atoms. The van der Waals surface area contributed by atoms with Gasteiger partial charge in [0.2, 0.25) is 0 Å². The van der Waals surface area contributed by atoms with Gasteiger partial charge >= 0.3 is 0 Å². The summed E-state index contributed by atoms with van der Waals surface area (Å²) in [7, 11) is 0. The molecule has 5 nitrogen and oxygen atoms in total. The maximum absolute atomic E-state index is 12.1. The highest BCUT2D eigenvalue weighted by molar-refractivity contribution is 5.92. The van der Waals surface area contributed by atoms with Crippen molar-refractivity contribution in [2.75, 3.05) is 6.54 Å². The van der Waals surface area contributed by atoms with Crippen molar-refractivity contribution in [2.24, 2.45) is 5.73 Å². The topological polar surface area (TPSA) is 72.9 Å². The van der Waals surface area contributed by atoms with Gasteiger partial charge in [0.15, 0.2) is 0 Å². The largest absolute Gasteiger partial charge is 0.351 e. The molecule has 1 aromatic rings. The van der Waals surface area contributed by atoms with Crippen molar-refractivity contribution >= 4 is 18.3 Å². The van der Waals surface area contributed by atoms with E-state index in [-0.39, 0.29) is 29.9 Å². The highest BCUT2D eigenvalue weighted by Gasteiger charge is 2.32. The lowest BCUT2D eigenvalue weighted by atomic mass is 10.1. The molecule has 2 rings (SSSR count). The molecule has 3 N–H and O–H groups in total. The molecule has 1 saturated carbocycles. The first-order valence-corrected chi connectivity index (χ1v) is 7.43. The van der Waals surface area contributed by atoms with Crippen LogP contribution in [0.5, 0.6) is 0 Å². The monoisotopic (exact) mass is 314 g/mol. The fourth-order valence-corrected chi connectivity index (χ4v) is 2.22. The van der Waals surface area contributed by atoms with Crippen LogP contribution < -0.4 is 11.1 Å². The summed E-state index contributed by atoms with van der Waals surface area (Å²) in [6.07, 6.45) is 3.18. The number of nitrogens with zero attached hydrogens (tertiary/aromatic N) is 2. The van der Waals surface area contributed by atoms with Gasteiger partial charge in [0.25, 0.3) is 5.91 Å². The molecule has 0 radical (unpaired) electrons. The summed E-state index contributed by atoms with van der Waals surface area (Å²) >= 11 is 0. The van der Waals surface area contributed by atoms with Gasteiger partial charge in [0, 0.05) is 24.2 Å². The lowest BCUT2D eigenvalue weighted by molar-refractivity contribution is 0.0946. The molecule has 1 unspecified atom stereocenters. The minimum absolute atomic E-state index is 0. The van der Waals surface area contributed by atoms with Gasteiger partial charge in [0.05, 0.1) is 5.54 Å². The lowest BCUT2D eigenvalue weighted by Gasteiger charge is -2.22. The molecule has 1 aliphatic rings. The Labute approximate surface area is 133 Å². The number of hydrogen-bond acceptors (Lipinski definition) is 3. The van der Waals surface area contributed by atoms with Crippen molar-refractivity contribution in [3.63, 3.8) is 0 Å². The highest BCUT2D eigenvalue weighted by Crippen LogP contribution is 2.41. The van der Waals surface area contributed by atoms with E-state index >= 15 is 0 Å². The van der Waals surface area contributed by atoms with Gasteiger partial charge in [-0.15, -0.1) is 12.4 Å². The normalized spacial score (nSPS) is 16.2. The molecule has 0 aromatic carbocycles. The molecule has 120 valence electrons. The minimum Gasteiger partial charge on any atom is -0.351 e. The summed E-state index contributed by atoms with van der Waals surface area (Å²) in [5, 5.41) is 7.40. The quantitative estimate of drug-likeness (QED) is 0.876.